The molecule has 15 atom stereocenters. The van der Waals surface area contributed by atoms with Crippen molar-refractivity contribution in [1.82, 2.24) is 9.55 Å². The Bertz CT molecular complexity index is 1800. The highest BCUT2D eigenvalue weighted by atomic mass is 16.3. The fourth-order valence-electron chi connectivity index (χ4n) is 18.2. The van der Waals surface area contributed by atoms with Crippen molar-refractivity contribution in [2.75, 3.05) is 6.61 Å². The molecule has 54 heavy (non-hydrogen) atoms. The third-order valence-corrected chi connectivity index (χ3v) is 19.9. The lowest BCUT2D eigenvalue weighted by molar-refractivity contribution is -0.320. The molecule has 0 saturated heterocycles. The molecule has 5 bridgehead atoms. The van der Waals surface area contributed by atoms with E-state index in [2.05, 4.69) is 41.3 Å². The smallest absolute Gasteiger partial charge is 0.159 e. The van der Waals surface area contributed by atoms with E-state index in [0.29, 0.717) is 19.3 Å². The van der Waals surface area contributed by atoms with Gasteiger partial charge in [-0.2, -0.15) is 0 Å². The molecule has 0 aromatic carbocycles. The van der Waals surface area contributed by atoms with Gasteiger partial charge in [0, 0.05) is 47.5 Å². The van der Waals surface area contributed by atoms with Crippen LogP contribution in [0.25, 0.3) is 0 Å². The Morgan fingerprint density at radius 1 is 0.981 bits per heavy atom. The van der Waals surface area contributed by atoms with Crippen LogP contribution in [0.1, 0.15) is 130 Å². The topological polar surface area (TPSA) is 136 Å². The summed E-state index contributed by atoms with van der Waals surface area (Å²) in [5, 5.41) is 60.7. The Kier molecular flexibility index (Phi) is 7.77. The fraction of sp³-hybridized carbons (Fsp3) is 0.826. The van der Waals surface area contributed by atoms with Gasteiger partial charge in [-0.3, -0.25) is 4.79 Å². The molecular weight excluding hydrogens is 677 g/mol. The second kappa shape index (κ2) is 11.6. The van der Waals surface area contributed by atoms with Crippen LogP contribution in [0, 0.1) is 79.3 Å². The molecule has 294 valence electrons. The van der Waals surface area contributed by atoms with Crippen LogP contribution in [0.3, 0.4) is 0 Å². The van der Waals surface area contributed by atoms with Crippen LogP contribution in [0.15, 0.2) is 30.4 Å². The predicted octanol–water partition coefficient (Wildman–Crippen LogP) is 5.99. The quantitative estimate of drug-likeness (QED) is 0.240. The van der Waals surface area contributed by atoms with E-state index < -0.39 is 57.6 Å². The molecule has 1 aromatic rings. The van der Waals surface area contributed by atoms with Gasteiger partial charge in [-0.15, -0.1) is 5.92 Å². The molecule has 10 aliphatic rings. The number of imidazole rings is 1. The third kappa shape index (κ3) is 4.05. The number of allylic oxidation sites excluding steroid dienone is 2. The van der Waals surface area contributed by atoms with Crippen LogP contribution in [-0.4, -0.2) is 71.4 Å². The molecule has 8 nitrogen and oxygen atoms in total. The number of nitrogens with zero attached hydrogens (tertiary/aromatic N) is 2. The highest BCUT2D eigenvalue weighted by Gasteiger charge is 2.83. The average molecular weight is 741 g/mol. The number of aromatic nitrogens is 2. The molecule has 1 heterocycles. The van der Waals surface area contributed by atoms with Crippen molar-refractivity contribution >= 4 is 5.78 Å². The highest BCUT2D eigenvalue weighted by Crippen LogP contribution is 2.85. The average Bonchev–Trinajstić information content (AvgIpc) is 3.83. The van der Waals surface area contributed by atoms with Gasteiger partial charge in [0.2, 0.25) is 0 Å². The Hall–Kier alpha value is -2.02. The first kappa shape index (κ1) is 36.3. The predicted molar refractivity (Wildman–Crippen MR) is 203 cm³/mol. The summed E-state index contributed by atoms with van der Waals surface area (Å²) in [5.41, 5.74) is -3.47. The van der Waals surface area contributed by atoms with Crippen molar-refractivity contribution < 1.29 is 30.3 Å². The van der Waals surface area contributed by atoms with E-state index in [1.54, 1.807) is 0 Å². The van der Waals surface area contributed by atoms with Crippen molar-refractivity contribution in [1.29, 1.82) is 0 Å². The number of carbonyl (C=O) groups excluding carboxylic acids is 1. The largest absolute Gasteiger partial charge is 0.394 e. The zero-order chi connectivity index (χ0) is 37.7. The Balaban J connectivity index is 1.23. The number of hydrogen-bond donors (Lipinski definition) is 5. The van der Waals surface area contributed by atoms with E-state index in [1.165, 1.54) is 5.57 Å². The maximum absolute atomic E-state index is 15.8. The van der Waals surface area contributed by atoms with E-state index in [0.717, 1.165) is 96.4 Å². The molecule has 10 aliphatic carbocycles. The van der Waals surface area contributed by atoms with Gasteiger partial charge in [-0.1, -0.05) is 45.1 Å². The van der Waals surface area contributed by atoms with E-state index in [4.69, 9.17) is 0 Å². The number of aliphatic hydroxyl groups is 5. The van der Waals surface area contributed by atoms with Gasteiger partial charge in [0.05, 0.1) is 31.2 Å². The molecule has 0 radical (unpaired) electrons. The van der Waals surface area contributed by atoms with Crippen molar-refractivity contribution in [3.05, 3.63) is 30.4 Å². The van der Waals surface area contributed by atoms with Crippen LogP contribution < -0.4 is 0 Å². The standard InChI is InChI=1S/C46H64N2O6/c1-39-12-4-7-15-45(54)19-9-30-38(53)46(45,42(27-39)13-5-6-14-42)32(24-39)31-22-33(50)37-43-16-8-29(25-48-21-20-47-28-48)23-44(37,41(30,31)3)18-10-34(43)40(2,36(52)26-49)35(51)11-17-43/h20-22,28-30,32,34-38,49,51-54H,4-6,8-14,16-19,23-27H2,1-3H3/t29-,30+,32+,34+,35-,36+,37+,38-,39+,40-,41+,43-,44-,45+,46+/m0/s1. The SMILES string of the molecule is C[C@@]12CCC#C[C@@]3(O)CC[C@@H]4[C@H](O)[C@]3([C@H](C1)C1=CC(=O)[C@@H]3[C@]56CC[C@H](Cn7ccnc7)C[C@]3(CC[C@@H]5[C@](C)([C@H](O)CO)[C@@H](O)CC6)[C@@]14C)C1(CCCC1)C2. The number of rotatable bonds is 4. The van der Waals surface area contributed by atoms with Gasteiger partial charge in [-0.25, -0.2) is 4.98 Å². The summed E-state index contributed by atoms with van der Waals surface area (Å²) < 4.78 is 2.20. The summed E-state index contributed by atoms with van der Waals surface area (Å²) in [6.45, 7) is 7.29. The van der Waals surface area contributed by atoms with Gasteiger partial charge in [0.15, 0.2) is 5.78 Å². The lowest BCUT2D eigenvalue weighted by Crippen LogP contribution is -2.80. The molecule has 7 saturated carbocycles. The first-order valence-electron chi connectivity index (χ1n) is 21.8. The van der Waals surface area contributed by atoms with Crippen molar-refractivity contribution in [3.8, 4) is 11.8 Å². The normalized spacial score (nSPS) is 53.0. The van der Waals surface area contributed by atoms with Crippen LogP contribution in [0.5, 0.6) is 0 Å². The van der Waals surface area contributed by atoms with Crippen LogP contribution in [-0.2, 0) is 11.3 Å². The summed E-state index contributed by atoms with van der Waals surface area (Å²) in [5.74, 6) is 6.78. The van der Waals surface area contributed by atoms with E-state index in [-0.39, 0.29) is 46.2 Å². The first-order valence-corrected chi connectivity index (χ1v) is 21.8. The van der Waals surface area contributed by atoms with E-state index in [9.17, 15) is 25.5 Å². The van der Waals surface area contributed by atoms with Crippen molar-refractivity contribution in [2.24, 2.45) is 67.5 Å². The monoisotopic (exact) mass is 740 g/mol. The number of aliphatic hydroxyl groups excluding tert-OH is 4. The lowest BCUT2D eigenvalue weighted by Gasteiger charge is -2.79. The molecule has 0 aliphatic heterocycles. The second-order valence-corrected chi connectivity index (χ2v) is 21.5. The lowest BCUT2D eigenvalue weighted by atomic mass is 9.25. The van der Waals surface area contributed by atoms with E-state index in [1.807, 2.05) is 25.6 Å². The maximum atomic E-state index is 15.8. The minimum atomic E-state index is -1.31. The minimum Gasteiger partial charge on any atom is -0.394 e. The number of carbonyl (C=O) groups is 1. The molecule has 5 N–H and O–H groups in total. The highest BCUT2D eigenvalue weighted by molar-refractivity contribution is 5.96. The third-order valence-electron chi connectivity index (χ3n) is 19.9. The van der Waals surface area contributed by atoms with Crippen LogP contribution in [0.4, 0.5) is 0 Å². The number of ketones is 1. The molecule has 0 amide bonds. The fourth-order valence-corrected chi connectivity index (χ4v) is 18.2. The van der Waals surface area contributed by atoms with Crippen molar-refractivity contribution in [3.63, 3.8) is 0 Å². The first-order chi connectivity index (χ1) is 25.7. The van der Waals surface area contributed by atoms with Gasteiger partial charge in [-0.05, 0) is 141 Å². The molecule has 8 heteroatoms. The zero-order valence-corrected chi connectivity index (χ0v) is 32.9. The van der Waals surface area contributed by atoms with E-state index >= 15 is 4.79 Å². The second-order valence-electron chi connectivity index (χ2n) is 21.5. The maximum Gasteiger partial charge on any atom is 0.159 e. The van der Waals surface area contributed by atoms with Crippen LogP contribution in [0.2, 0.25) is 0 Å². The van der Waals surface area contributed by atoms with Gasteiger partial charge in [0.1, 0.15) is 5.60 Å². The molecule has 0 unspecified atom stereocenters. The van der Waals surface area contributed by atoms with Crippen molar-refractivity contribution in [2.45, 2.75) is 160 Å². The Morgan fingerprint density at radius 3 is 2.50 bits per heavy atom. The molecule has 7 fully saturated rings. The zero-order valence-electron chi connectivity index (χ0n) is 32.9. The Labute approximate surface area is 321 Å². The molecular formula is C46H64N2O6. The minimum absolute atomic E-state index is 0.00243. The Morgan fingerprint density at radius 2 is 1.76 bits per heavy atom. The summed E-state index contributed by atoms with van der Waals surface area (Å²) in [6.07, 6.45) is 19.8. The summed E-state index contributed by atoms with van der Waals surface area (Å²) in [6, 6.07) is 0. The number of fused-ring (bicyclic) bond motifs is 5. The van der Waals surface area contributed by atoms with Gasteiger partial charge in [0.25, 0.3) is 0 Å². The molecule has 11 rings (SSSR count). The van der Waals surface area contributed by atoms with Crippen LogP contribution >= 0.6 is 0 Å². The van der Waals surface area contributed by atoms with Gasteiger partial charge < -0.3 is 30.1 Å². The summed E-state index contributed by atoms with van der Waals surface area (Å²) in [7, 11) is 0. The summed E-state index contributed by atoms with van der Waals surface area (Å²) in [4.78, 5) is 20.2. The van der Waals surface area contributed by atoms with Gasteiger partial charge >= 0.3 is 0 Å². The molecule has 1 aromatic heterocycles. The summed E-state index contributed by atoms with van der Waals surface area (Å²) >= 11 is 0. The number of hydrogen-bond acceptors (Lipinski definition) is 7. The molecule has 3 spiro atoms.